The SMILES string of the molecule is C[C@@H]1C(COC(=O)c2ccccc2)O[C@H](O[C@@H]2C(OC(=O)c3ccccc3)[C@@H](O[C@@H]3C(OC(=O)c4ccccc4)COC(COC(=O)c4ccccc4)[C@H]3C)OC(COC(=O)c3ccccc3)[C@H]2C)C(OC(=O)c2ccccc2)[C@H]1C. The molecule has 0 spiro atoms. The van der Waals surface area contributed by atoms with Crippen LogP contribution in [0.5, 0.6) is 0 Å². The van der Waals surface area contributed by atoms with Gasteiger partial charge < -0.3 is 52.1 Å². The van der Waals surface area contributed by atoms with Crippen molar-refractivity contribution in [2.24, 2.45) is 23.7 Å². The first-order valence-electron chi connectivity index (χ1n) is 27.0. The van der Waals surface area contributed by atoms with Gasteiger partial charge in [0, 0.05) is 17.8 Å². The van der Waals surface area contributed by atoms with Gasteiger partial charge in [0.15, 0.2) is 30.9 Å². The topological polar surface area (TPSA) is 204 Å². The summed E-state index contributed by atoms with van der Waals surface area (Å²) in [5.74, 6) is -6.47. The molecule has 0 saturated carbocycles. The zero-order valence-electron chi connectivity index (χ0n) is 45.2. The molecule has 0 aliphatic carbocycles. The normalized spacial score (nSPS) is 27.1. The van der Waals surface area contributed by atoms with Crippen LogP contribution in [0.15, 0.2) is 182 Å². The fraction of sp³-hybridized carbons (Fsp3) is 0.344. The van der Waals surface area contributed by atoms with Gasteiger partial charge >= 0.3 is 35.8 Å². The molecular formula is C64H64O17. The lowest BCUT2D eigenvalue weighted by Crippen LogP contribution is -2.63. The van der Waals surface area contributed by atoms with Crippen molar-refractivity contribution < 1.29 is 80.9 Å². The number of carbonyl (C=O) groups excluding carboxylic acids is 6. The number of hydrogen-bond donors (Lipinski definition) is 0. The molecule has 17 heteroatoms. The molecule has 0 radical (unpaired) electrons. The Morgan fingerprint density at radius 3 is 1.06 bits per heavy atom. The van der Waals surface area contributed by atoms with Crippen LogP contribution in [0.2, 0.25) is 0 Å². The van der Waals surface area contributed by atoms with Gasteiger partial charge in [0.2, 0.25) is 0 Å². The molecule has 14 atom stereocenters. The zero-order valence-corrected chi connectivity index (χ0v) is 45.2. The monoisotopic (exact) mass is 1100 g/mol. The standard InChI is InChI=1S/C64H64O17/c1-39-40(2)55(78-61(69)47-31-19-9-20-32-47)63(76-50(39)36-73-58(66)44-25-13-6-14-26-44)81-54-42(4)51(37-74-59(67)45-27-15-7-16-28-45)77-64(56(54)79-62(70)48-33-21-10-22-34-48)80-53-41(3)49(35-72-57(65)43-23-11-5-12-24-43)71-38-52(53)75-60(68)46-29-17-8-18-30-46/h5-34,39-42,49-56,63-64H,35-38H2,1-4H3/t39-,40-,41+,42+,49?,50?,51?,52?,53-,54-,55?,56?,63+,64+/m0/s1. The van der Waals surface area contributed by atoms with Crippen molar-refractivity contribution in [2.45, 2.75) is 89.1 Å². The second-order valence-corrected chi connectivity index (χ2v) is 20.3. The van der Waals surface area contributed by atoms with Crippen molar-refractivity contribution in [3.05, 3.63) is 215 Å². The minimum Gasteiger partial charge on any atom is -0.459 e. The van der Waals surface area contributed by atoms with Gasteiger partial charge in [0.05, 0.1) is 52.2 Å². The predicted octanol–water partition coefficient (Wildman–Crippen LogP) is 9.40. The van der Waals surface area contributed by atoms with E-state index >= 15 is 0 Å². The molecule has 0 aromatic heterocycles. The highest BCUT2D eigenvalue weighted by Crippen LogP contribution is 2.40. The summed E-state index contributed by atoms with van der Waals surface area (Å²) in [6.07, 6.45) is -12.0. The lowest BCUT2D eigenvalue weighted by atomic mass is 9.83. The summed E-state index contributed by atoms with van der Waals surface area (Å²) in [5.41, 5.74) is 1.61. The Balaban J connectivity index is 1.09. The number of carbonyl (C=O) groups is 6. The number of rotatable bonds is 19. The third kappa shape index (κ3) is 14.5. The van der Waals surface area contributed by atoms with Crippen molar-refractivity contribution >= 4 is 35.8 Å². The third-order valence-electron chi connectivity index (χ3n) is 15.0. The van der Waals surface area contributed by atoms with E-state index in [0.29, 0.717) is 11.1 Å². The van der Waals surface area contributed by atoms with E-state index in [1.54, 1.807) is 196 Å². The van der Waals surface area contributed by atoms with Crippen molar-refractivity contribution in [3.63, 3.8) is 0 Å². The molecule has 6 aromatic carbocycles. The van der Waals surface area contributed by atoms with Gasteiger partial charge in [0.25, 0.3) is 0 Å². The van der Waals surface area contributed by atoms with Crippen LogP contribution in [0.1, 0.15) is 89.8 Å². The van der Waals surface area contributed by atoms with E-state index in [1.165, 1.54) is 0 Å². The highest BCUT2D eigenvalue weighted by atomic mass is 16.8. The van der Waals surface area contributed by atoms with Gasteiger partial charge in [-0.25, -0.2) is 28.8 Å². The maximum atomic E-state index is 14.5. The molecule has 422 valence electrons. The van der Waals surface area contributed by atoms with E-state index < -0.39 is 121 Å². The van der Waals surface area contributed by atoms with Gasteiger partial charge in [-0.15, -0.1) is 0 Å². The zero-order chi connectivity index (χ0) is 56.8. The molecule has 6 aromatic rings. The first-order valence-corrected chi connectivity index (χ1v) is 27.0. The summed E-state index contributed by atoms with van der Waals surface area (Å²) < 4.78 is 70.7. The van der Waals surface area contributed by atoms with Crippen LogP contribution in [-0.2, 0) is 52.1 Å². The molecule has 6 unspecified atom stereocenters. The van der Waals surface area contributed by atoms with Crippen molar-refractivity contribution in [2.75, 3.05) is 26.4 Å². The Morgan fingerprint density at radius 2 is 0.654 bits per heavy atom. The van der Waals surface area contributed by atoms with Crippen molar-refractivity contribution in [3.8, 4) is 0 Å². The molecule has 0 N–H and O–H groups in total. The maximum Gasteiger partial charge on any atom is 0.338 e. The molecule has 3 aliphatic rings. The molecule has 81 heavy (non-hydrogen) atoms. The Hall–Kier alpha value is -8.06. The van der Waals surface area contributed by atoms with Crippen LogP contribution < -0.4 is 0 Å². The molecule has 3 fully saturated rings. The van der Waals surface area contributed by atoms with Gasteiger partial charge in [-0.05, 0) is 78.7 Å². The molecule has 3 heterocycles. The van der Waals surface area contributed by atoms with Crippen LogP contribution >= 0.6 is 0 Å². The molecule has 0 bridgehead atoms. The van der Waals surface area contributed by atoms with Gasteiger partial charge in [-0.1, -0.05) is 137 Å². The molecule has 0 amide bonds. The van der Waals surface area contributed by atoms with Crippen LogP contribution in [0, 0.1) is 23.7 Å². The van der Waals surface area contributed by atoms with Crippen molar-refractivity contribution in [1.29, 1.82) is 0 Å². The van der Waals surface area contributed by atoms with E-state index in [4.69, 9.17) is 52.1 Å². The average Bonchev–Trinajstić information content (AvgIpc) is 3.70. The Morgan fingerprint density at radius 1 is 0.346 bits per heavy atom. The molecule has 17 nitrogen and oxygen atoms in total. The summed E-state index contributed by atoms with van der Waals surface area (Å²) >= 11 is 0. The summed E-state index contributed by atoms with van der Waals surface area (Å²) in [4.78, 5) is 82.8. The van der Waals surface area contributed by atoms with E-state index in [-0.39, 0.29) is 48.7 Å². The van der Waals surface area contributed by atoms with Gasteiger partial charge in [-0.3, -0.25) is 0 Å². The Labute approximate surface area is 469 Å². The van der Waals surface area contributed by atoms with Gasteiger partial charge in [-0.2, -0.15) is 0 Å². The number of benzene rings is 6. The fourth-order valence-corrected chi connectivity index (χ4v) is 9.98. The number of ether oxygens (including phenoxy) is 11. The molecule has 9 rings (SSSR count). The van der Waals surface area contributed by atoms with Gasteiger partial charge in [0.1, 0.15) is 38.1 Å². The van der Waals surface area contributed by atoms with E-state index in [1.807, 2.05) is 13.8 Å². The highest BCUT2D eigenvalue weighted by molar-refractivity contribution is 5.92. The van der Waals surface area contributed by atoms with E-state index in [9.17, 15) is 28.8 Å². The van der Waals surface area contributed by atoms with Crippen LogP contribution in [-0.4, -0.2) is 124 Å². The smallest absolute Gasteiger partial charge is 0.338 e. The summed E-state index contributed by atoms with van der Waals surface area (Å²) in [5, 5.41) is 0. The second-order valence-electron chi connectivity index (χ2n) is 20.3. The van der Waals surface area contributed by atoms with E-state index in [2.05, 4.69) is 0 Å². The average molecular weight is 1110 g/mol. The summed E-state index contributed by atoms with van der Waals surface area (Å²) in [6, 6.07) is 50.3. The first kappa shape index (κ1) is 57.6. The quantitative estimate of drug-likeness (QED) is 0.0547. The van der Waals surface area contributed by atoms with E-state index in [0.717, 1.165) is 0 Å². The predicted molar refractivity (Wildman–Crippen MR) is 291 cm³/mol. The van der Waals surface area contributed by atoms with Crippen LogP contribution in [0.3, 0.4) is 0 Å². The minimum absolute atomic E-state index is 0.169. The van der Waals surface area contributed by atoms with Crippen LogP contribution in [0.25, 0.3) is 0 Å². The second kappa shape index (κ2) is 27.4. The lowest BCUT2D eigenvalue weighted by Gasteiger charge is -2.50. The maximum absolute atomic E-state index is 14.5. The third-order valence-corrected chi connectivity index (χ3v) is 15.0. The molecule has 3 aliphatic heterocycles. The molecular weight excluding hydrogens is 1040 g/mol. The Kier molecular flexibility index (Phi) is 19.5. The minimum atomic E-state index is -1.61. The highest BCUT2D eigenvalue weighted by Gasteiger charge is 2.55. The lowest BCUT2D eigenvalue weighted by molar-refractivity contribution is -0.355. The molecule has 3 saturated heterocycles. The summed E-state index contributed by atoms with van der Waals surface area (Å²) in [6.45, 7) is 6.24. The fourth-order valence-electron chi connectivity index (χ4n) is 9.98. The number of hydrogen-bond acceptors (Lipinski definition) is 17. The van der Waals surface area contributed by atoms with Crippen LogP contribution in [0.4, 0.5) is 0 Å². The Bertz CT molecular complexity index is 3020. The summed E-state index contributed by atoms with van der Waals surface area (Å²) in [7, 11) is 0. The number of esters is 6. The largest absolute Gasteiger partial charge is 0.459 e. The first-order chi connectivity index (χ1) is 39.3. The van der Waals surface area contributed by atoms with Crippen molar-refractivity contribution in [1.82, 2.24) is 0 Å².